The molecular formula is C10H11NO2S2. The summed E-state index contributed by atoms with van der Waals surface area (Å²) in [6.07, 6.45) is 0. The highest BCUT2D eigenvalue weighted by Gasteiger charge is 2.16. The number of rotatable bonds is 4. The summed E-state index contributed by atoms with van der Waals surface area (Å²) in [5, 5.41) is 11.5. The maximum absolute atomic E-state index is 10.7. The van der Waals surface area contributed by atoms with Crippen molar-refractivity contribution in [2.75, 3.05) is 5.75 Å². The number of benzene rings is 1. The zero-order valence-corrected chi connectivity index (χ0v) is 9.59. The van der Waals surface area contributed by atoms with Crippen molar-refractivity contribution in [1.29, 1.82) is 0 Å². The van der Waals surface area contributed by atoms with Gasteiger partial charge in [-0.1, -0.05) is 42.5 Å². The van der Waals surface area contributed by atoms with E-state index in [0.717, 1.165) is 5.56 Å². The number of carboxylic acid groups (broad SMARTS) is 1. The Morgan fingerprint density at radius 1 is 1.47 bits per heavy atom. The van der Waals surface area contributed by atoms with E-state index < -0.39 is 12.0 Å². The lowest BCUT2D eigenvalue weighted by Gasteiger charge is -2.13. The Hall–Kier alpha value is -1.07. The number of aliphatic carboxylic acids is 1. The minimum Gasteiger partial charge on any atom is -0.480 e. The topological polar surface area (TPSA) is 49.3 Å². The van der Waals surface area contributed by atoms with Crippen LogP contribution in [0.1, 0.15) is 5.56 Å². The SMILES string of the molecule is O=C(O)C(CS)NC(=S)c1ccccc1. The van der Waals surface area contributed by atoms with Crippen LogP contribution in [-0.2, 0) is 4.79 Å². The lowest BCUT2D eigenvalue weighted by molar-refractivity contribution is -0.138. The molecule has 0 radical (unpaired) electrons. The minimum atomic E-state index is -0.955. The molecule has 0 saturated heterocycles. The van der Waals surface area contributed by atoms with Crippen molar-refractivity contribution in [2.24, 2.45) is 0 Å². The van der Waals surface area contributed by atoms with Crippen LogP contribution in [0.15, 0.2) is 30.3 Å². The molecule has 5 heteroatoms. The zero-order chi connectivity index (χ0) is 11.3. The first-order chi connectivity index (χ1) is 7.15. The molecule has 0 bridgehead atoms. The lowest BCUT2D eigenvalue weighted by Crippen LogP contribution is -2.41. The third-order valence-corrected chi connectivity index (χ3v) is 2.54. The van der Waals surface area contributed by atoms with Gasteiger partial charge in [-0.15, -0.1) is 0 Å². The van der Waals surface area contributed by atoms with Crippen LogP contribution in [-0.4, -0.2) is 27.9 Å². The fourth-order valence-corrected chi connectivity index (χ4v) is 1.54. The molecule has 0 heterocycles. The molecule has 0 spiro atoms. The van der Waals surface area contributed by atoms with Gasteiger partial charge in [-0.25, -0.2) is 4.79 Å². The molecule has 0 aromatic heterocycles. The summed E-state index contributed by atoms with van der Waals surface area (Å²) in [5.41, 5.74) is 0.806. The molecule has 1 aromatic rings. The first kappa shape index (κ1) is 12.0. The first-order valence-electron chi connectivity index (χ1n) is 4.34. The van der Waals surface area contributed by atoms with Gasteiger partial charge in [0, 0.05) is 11.3 Å². The highest BCUT2D eigenvalue weighted by atomic mass is 32.1. The molecular weight excluding hydrogens is 230 g/mol. The quantitative estimate of drug-likeness (QED) is 0.550. The van der Waals surface area contributed by atoms with Crippen LogP contribution in [0.3, 0.4) is 0 Å². The largest absolute Gasteiger partial charge is 0.480 e. The van der Waals surface area contributed by atoms with Gasteiger partial charge >= 0.3 is 5.97 Å². The van der Waals surface area contributed by atoms with Gasteiger partial charge in [-0.2, -0.15) is 12.6 Å². The second-order valence-electron chi connectivity index (χ2n) is 2.91. The fourth-order valence-electron chi connectivity index (χ4n) is 1.02. The van der Waals surface area contributed by atoms with Gasteiger partial charge in [-0.05, 0) is 0 Å². The Balaban J connectivity index is 2.67. The van der Waals surface area contributed by atoms with Gasteiger partial charge < -0.3 is 10.4 Å². The normalized spacial score (nSPS) is 11.8. The fraction of sp³-hybridized carbons (Fsp3) is 0.200. The summed E-state index contributed by atoms with van der Waals surface area (Å²) in [4.78, 5) is 11.2. The third kappa shape index (κ3) is 3.53. The number of hydrogen-bond donors (Lipinski definition) is 3. The van der Waals surface area contributed by atoms with E-state index in [4.69, 9.17) is 17.3 Å². The summed E-state index contributed by atoms with van der Waals surface area (Å²) in [7, 11) is 0. The molecule has 1 unspecified atom stereocenters. The Morgan fingerprint density at radius 3 is 2.53 bits per heavy atom. The lowest BCUT2D eigenvalue weighted by atomic mass is 10.2. The molecule has 2 N–H and O–H groups in total. The molecule has 0 aliphatic rings. The van der Waals surface area contributed by atoms with Crippen LogP contribution in [0.5, 0.6) is 0 Å². The van der Waals surface area contributed by atoms with Crippen molar-refractivity contribution >= 4 is 35.8 Å². The molecule has 3 nitrogen and oxygen atoms in total. The van der Waals surface area contributed by atoms with E-state index in [-0.39, 0.29) is 5.75 Å². The standard InChI is InChI=1S/C10H11NO2S2/c12-10(13)8(6-14)11-9(15)7-4-2-1-3-5-7/h1-5,8,14H,6H2,(H,11,15)(H,12,13). The molecule has 80 valence electrons. The zero-order valence-electron chi connectivity index (χ0n) is 7.88. The Bertz CT molecular complexity index is 354. The van der Waals surface area contributed by atoms with Crippen LogP contribution < -0.4 is 5.32 Å². The van der Waals surface area contributed by atoms with Gasteiger partial charge in [-0.3, -0.25) is 0 Å². The number of thiocarbonyl (C=S) groups is 1. The van der Waals surface area contributed by atoms with Crippen LogP contribution in [0.2, 0.25) is 0 Å². The molecule has 1 atom stereocenters. The third-order valence-electron chi connectivity index (χ3n) is 1.82. The van der Waals surface area contributed by atoms with Gasteiger partial charge in [0.25, 0.3) is 0 Å². The second-order valence-corrected chi connectivity index (χ2v) is 3.69. The van der Waals surface area contributed by atoms with E-state index >= 15 is 0 Å². The van der Waals surface area contributed by atoms with E-state index in [1.165, 1.54) is 0 Å². The van der Waals surface area contributed by atoms with Gasteiger partial charge in [0.1, 0.15) is 11.0 Å². The highest BCUT2D eigenvalue weighted by Crippen LogP contribution is 2.01. The molecule has 15 heavy (non-hydrogen) atoms. The van der Waals surface area contributed by atoms with Crippen molar-refractivity contribution in [3.63, 3.8) is 0 Å². The number of carboxylic acids is 1. The maximum Gasteiger partial charge on any atom is 0.326 e. The van der Waals surface area contributed by atoms with E-state index in [1.54, 1.807) is 0 Å². The van der Waals surface area contributed by atoms with E-state index in [9.17, 15) is 4.79 Å². The Morgan fingerprint density at radius 2 is 2.07 bits per heavy atom. The first-order valence-corrected chi connectivity index (χ1v) is 5.39. The van der Waals surface area contributed by atoms with Crippen molar-refractivity contribution in [2.45, 2.75) is 6.04 Å². The summed E-state index contributed by atoms with van der Waals surface area (Å²) in [5.74, 6) is -0.759. The van der Waals surface area contributed by atoms with Gasteiger partial charge in [0.15, 0.2) is 0 Å². The van der Waals surface area contributed by atoms with Crippen LogP contribution >= 0.6 is 24.8 Å². The Labute approximate surface area is 98.9 Å². The van der Waals surface area contributed by atoms with Gasteiger partial charge in [0.05, 0.1) is 0 Å². The number of thiol groups is 1. The summed E-state index contributed by atoms with van der Waals surface area (Å²) in [6.45, 7) is 0. The summed E-state index contributed by atoms with van der Waals surface area (Å²) < 4.78 is 0. The monoisotopic (exact) mass is 241 g/mol. The molecule has 0 aliphatic carbocycles. The van der Waals surface area contributed by atoms with E-state index in [0.29, 0.717) is 4.99 Å². The summed E-state index contributed by atoms with van der Waals surface area (Å²) >= 11 is 9.01. The number of hydrogen-bond acceptors (Lipinski definition) is 3. The maximum atomic E-state index is 10.7. The summed E-state index contributed by atoms with van der Waals surface area (Å²) in [6, 6.07) is 8.47. The van der Waals surface area contributed by atoms with Crippen molar-refractivity contribution < 1.29 is 9.90 Å². The molecule has 1 rings (SSSR count). The smallest absolute Gasteiger partial charge is 0.326 e. The Kier molecular flexibility index (Phi) is 4.58. The van der Waals surface area contributed by atoms with Crippen LogP contribution in [0.25, 0.3) is 0 Å². The second kappa shape index (κ2) is 5.72. The predicted molar refractivity (Wildman–Crippen MR) is 66.6 cm³/mol. The van der Waals surface area contributed by atoms with E-state index in [2.05, 4.69) is 17.9 Å². The molecule has 0 amide bonds. The average Bonchev–Trinajstić information content (AvgIpc) is 2.26. The van der Waals surface area contributed by atoms with Crippen molar-refractivity contribution in [3.8, 4) is 0 Å². The molecule has 0 saturated carbocycles. The van der Waals surface area contributed by atoms with E-state index in [1.807, 2.05) is 30.3 Å². The molecule has 1 aromatic carbocycles. The average molecular weight is 241 g/mol. The van der Waals surface area contributed by atoms with Gasteiger partial charge in [0.2, 0.25) is 0 Å². The molecule has 0 fully saturated rings. The number of nitrogens with one attached hydrogen (secondary N) is 1. The van der Waals surface area contributed by atoms with Crippen LogP contribution in [0.4, 0.5) is 0 Å². The number of carbonyl (C=O) groups is 1. The minimum absolute atomic E-state index is 0.197. The van der Waals surface area contributed by atoms with Crippen LogP contribution in [0, 0.1) is 0 Å². The predicted octanol–water partition coefficient (Wildman–Crippen LogP) is 1.33. The van der Waals surface area contributed by atoms with Crippen molar-refractivity contribution in [1.82, 2.24) is 5.32 Å². The van der Waals surface area contributed by atoms with Crippen molar-refractivity contribution in [3.05, 3.63) is 35.9 Å². The highest BCUT2D eigenvalue weighted by molar-refractivity contribution is 7.81. The molecule has 0 aliphatic heterocycles.